The molecule has 1 unspecified atom stereocenters. The lowest BCUT2D eigenvalue weighted by atomic mass is 10.2. The zero-order valence-electron chi connectivity index (χ0n) is 10.3. The van der Waals surface area contributed by atoms with Crippen LogP contribution in [0.3, 0.4) is 0 Å². The summed E-state index contributed by atoms with van der Waals surface area (Å²) in [6.07, 6.45) is 8.67. The molecule has 3 heteroatoms. The Morgan fingerprint density at radius 3 is 2.40 bits per heavy atom. The van der Waals surface area contributed by atoms with Crippen LogP contribution in [0.1, 0.15) is 59.3 Å². The van der Waals surface area contributed by atoms with E-state index in [0.29, 0.717) is 6.61 Å². The van der Waals surface area contributed by atoms with Gasteiger partial charge in [-0.3, -0.25) is 0 Å². The molecule has 0 fully saturated rings. The fraction of sp³-hybridized carbons (Fsp3) is 0.833. The predicted molar refractivity (Wildman–Crippen MR) is 66.4 cm³/mol. The van der Waals surface area contributed by atoms with Crippen molar-refractivity contribution in [1.82, 2.24) is 0 Å². The molecule has 0 amide bonds. The summed E-state index contributed by atoms with van der Waals surface area (Å²) >= 11 is 0. The SMILES string of the molecule is CCCC/C=C(\CCCC)[P+](=O)OCC. The summed E-state index contributed by atoms with van der Waals surface area (Å²) in [7, 11) is -1.56. The summed E-state index contributed by atoms with van der Waals surface area (Å²) in [5, 5.41) is 1.02. The molecule has 2 nitrogen and oxygen atoms in total. The first-order valence-corrected chi connectivity index (χ1v) is 7.23. The van der Waals surface area contributed by atoms with E-state index < -0.39 is 8.03 Å². The van der Waals surface area contributed by atoms with Gasteiger partial charge in [0.1, 0.15) is 6.61 Å². The van der Waals surface area contributed by atoms with Crippen LogP contribution in [0.15, 0.2) is 11.4 Å². The standard InChI is InChI=1S/C12H24O2P/c1-4-7-9-11-12(10-8-5-2)15(13)14-6-3/h11H,4-10H2,1-3H3/q+1/b12-11+. The van der Waals surface area contributed by atoms with Crippen molar-refractivity contribution >= 4 is 8.03 Å². The number of hydrogen-bond donors (Lipinski definition) is 0. The summed E-state index contributed by atoms with van der Waals surface area (Å²) < 4.78 is 16.9. The molecule has 0 bridgehead atoms. The average Bonchev–Trinajstić information content (AvgIpc) is 2.23. The molecule has 0 saturated heterocycles. The normalized spacial score (nSPS) is 13.0. The minimum absolute atomic E-state index is 0.534. The first-order valence-electron chi connectivity index (χ1n) is 6.05. The smallest absolute Gasteiger partial charge is 0.142 e. The molecule has 0 aliphatic rings. The largest absolute Gasteiger partial charge is 0.543 e. The van der Waals surface area contributed by atoms with Gasteiger partial charge in [-0.15, -0.1) is 4.52 Å². The molecule has 0 spiro atoms. The fourth-order valence-corrected chi connectivity index (χ4v) is 2.32. The van der Waals surface area contributed by atoms with Crippen LogP contribution in [-0.4, -0.2) is 6.61 Å². The lowest BCUT2D eigenvalue weighted by Gasteiger charge is -1.95. The highest BCUT2D eigenvalue weighted by atomic mass is 31.1. The summed E-state index contributed by atoms with van der Waals surface area (Å²) in [5.74, 6) is 0. The van der Waals surface area contributed by atoms with Gasteiger partial charge in [-0.1, -0.05) is 26.7 Å². The maximum Gasteiger partial charge on any atom is 0.543 e. The molecule has 1 atom stereocenters. The molecule has 0 radical (unpaired) electrons. The molecule has 0 aromatic heterocycles. The monoisotopic (exact) mass is 231 g/mol. The van der Waals surface area contributed by atoms with Gasteiger partial charge in [-0.25, -0.2) is 0 Å². The molecule has 0 saturated carbocycles. The zero-order chi connectivity index (χ0) is 11.5. The van der Waals surface area contributed by atoms with E-state index in [9.17, 15) is 4.57 Å². The number of unbranched alkanes of at least 4 members (excludes halogenated alkanes) is 3. The van der Waals surface area contributed by atoms with Gasteiger partial charge in [0.25, 0.3) is 0 Å². The van der Waals surface area contributed by atoms with Gasteiger partial charge >= 0.3 is 8.03 Å². The summed E-state index contributed by atoms with van der Waals surface area (Å²) in [6, 6.07) is 0. The highest BCUT2D eigenvalue weighted by molar-refractivity contribution is 7.44. The van der Waals surface area contributed by atoms with Crippen molar-refractivity contribution in [3.63, 3.8) is 0 Å². The summed E-state index contributed by atoms with van der Waals surface area (Å²) in [6.45, 7) is 6.74. The Balaban J connectivity index is 4.15. The molecule has 0 rings (SSSR count). The van der Waals surface area contributed by atoms with E-state index in [-0.39, 0.29) is 0 Å². The Kier molecular flexibility index (Phi) is 10.2. The average molecular weight is 231 g/mol. The van der Waals surface area contributed by atoms with E-state index in [4.69, 9.17) is 4.52 Å². The van der Waals surface area contributed by atoms with Gasteiger partial charge in [0.2, 0.25) is 0 Å². The first kappa shape index (κ1) is 14.8. The fourth-order valence-electron chi connectivity index (χ4n) is 1.30. The molecule has 15 heavy (non-hydrogen) atoms. The van der Waals surface area contributed by atoms with Crippen LogP contribution in [0.5, 0.6) is 0 Å². The van der Waals surface area contributed by atoms with E-state index in [1.54, 1.807) is 0 Å². The summed E-state index contributed by atoms with van der Waals surface area (Å²) in [4.78, 5) is 0. The summed E-state index contributed by atoms with van der Waals surface area (Å²) in [5.41, 5.74) is 0. The van der Waals surface area contributed by atoms with Crippen molar-refractivity contribution in [2.75, 3.05) is 6.61 Å². The molecule has 88 valence electrons. The molecule has 0 aromatic rings. The van der Waals surface area contributed by atoms with E-state index in [0.717, 1.165) is 31.0 Å². The molecule has 0 aliphatic carbocycles. The molecule has 0 heterocycles. The second-order valence-corrected chi connectivity index (χ2v) is 4.96. The molecule has 0 N–H and O–H groups in total. The zero-order valence-corrected chi connectivity index (χ0v) is 11.2. The minimum Gasteiger partial charge on any atom is -0.142 e. The van der Waals surface area contributed by atoms with Crippen LogP contribution < -0.4 is 0 Å². The maximum absolute atomic E-state index is 11.7. The topological polar surface area (TPSA) is 26.3 Å². The van der Waals surface area contributed by atoms with Gasteiger partial charge in [-0.05, 0) is 36.8 Å². The molecule has 0 aromatic carbocycles. The highest BCUT2D eigenvalue weighted by Crippen LogP contribution is 2.37. The highest BCUT2D eigenvalue weighted by Gasteiger charge is 2.23. The third-order valence-corrected chi connectivity index (χ3v) is 3.57. The minimum atomic E-state index is -1.56. The lowest BCUT2D eigenvalue weighted by molar-refractivity contribution is 0.353. The van der Waals surface area contributed by atoms with Crippen molar-refractivity contribution < 1.29 is 9.09 Å². The van der Waals surface area contributed by atoms with Gasteiger partial charge in [0.05, 0.1) is 0 Å². The first-order chi connectivity index (χ1) is 7.26. The van der Waals surface area contributed by atoms with Crippen LogP contribution in [0.2, 0.25) is 0 Å². The Morgan fingerprint density at radius 1 is 1.20 bits per heavy atom. The van der Waals surface area contributed by atoms with Gasteiger partial charge in [0, 0.05) is 6.42 Å². The number of hydrogen-bond acceptors (Lipinski definition) is 2. The van der Waals surface area contributed by atoms with Crippen LogP contribution in [-0.2, 0) is 9.09 Å². The van der Waals surface area contributed by atoms with Crippen molar-refractivity contribution in [3.05, 3.63) is 11.4 Å². The Bertz CT molecular complexity index is 200. The van der Waals surface area contributed by atoms with Crippen molar-refractivity contribution in [1.29, 1.82) is 0 Å². The van der Waals surface area contributed by atoms with Crippen molar-refractivity contribution in [2.24, 2.45) is 0 Å². The van der Waals surface area contributed by atoms with E-state index >= 15 is 0 Å². The second-order valence-electron chi connectivity index (χ2n) is 3.62. The predicted octanol–water partition coefficient (Wildman–Crippen LogP) is 5.03. The Labute approximate surface area is 95.0 Å². The molecule has 0 aliphatic heterocycles. The van der Waals surface area contributed by atoms with Gasteiger partial charge < -0.3 is 0 Å². The Morgan fingerprint density at radius 2 is 1.87 bits per heavy atom. The third kappa shape index (κ3) is 7.70. The van der Waals surface area contributed by atoms with Crippen molar-refractivity contribution in [2.45, 2.75) is 59.3 Å². The van der Waals surface area contributed by atoms with Crippen LogP contribution in [0.4, 0.5) is 0 Å². The van der Waals surface area contributed by atoms with Crippen molar-refractivity contribution in [3.8, 4) is 0 Å². The Hall–Kier alpha value is -0.200. The number of rotatable bonds is 9. The van der Waals surface area contributed by atoms with E-state index in [1.165, 1.54) is 12.8 Å². The van der Waals surface area contributed by atoms with Crippen LogP contribution in [0.25, 0.3) is 0 Å². The van der Waals surface area contributed by atoms with Gasteiger partial charge in [-0.2, -0.15) is 0 Å². The van der Waals surface area contributed by atoms with E-state index in [1.807, 2.05) is 6.92 Å². The third-order valence-electron chi connectivity index (χ3n) is 2.20. The van der Waals surface area contributed by atoms with Gasteiger partial charge in [0.15, 0.2) is 5.31 Å². The van der Waals surface area contributed by atoms with Crippen LogP contribution in [0, 0.1) is 0 Å². The number of allylic oxidation sites excluding steroid dienone is 2. The lowest BCUT2D eigenvalue weighted by Crippen LogP contribution is -1.84. The molecular weight excluding hydrogens is 207 g/mol. The van der Waals surface area contributed by atoms with Crippen LogP contribution >= 0.6 is 8.03 Å². The maximum atomic E-state index is 11.7. The quantitative estimate of drug-likeness (QED) is 0.411. The molecular formula is C12H24O2P+. The second kappa shape index (κ2) is 10.3. The van der Waals surface area contributed by atoms with E-state index in [2.05, 4.69) is 19.9 Å².